The molecule has 4 nitrogen and oxygen atoms in total. The summed E-state index contributed by atoms with van der Waals surface area (Å²) in [5, 5.41) is 12.1. The van der Waals surface area contributed by atoms with E-state index in [-0.39, 0.29) is 11.4 Å². The van der Waals surface area contributed by atoms with Crippen LogP contribution in [0.2, 0.25) is 0 Å². The zero-order chi connectivity index (χ0) is 14.5. The zero-order valence-electron chi connectivity index (χ0n) is 11.1. The van der Waals surface area contributed by atoms with Crippen molar-refractivity contribution in [2.24, 2.45) is 0 Å². The monoisotopic (exact) mass is 274 g/mol. The quantitative estimate of drug-likeness (QED) is 0.880. The van der Waals surface area contributed by atoms with Gasteiger partial charge < -0.3 is 10.4 Å². The number of carboxylic acids is 1. The number of nitrogens with one attached hydrogen (secondary N) is 1. The predicted octanol–water partition coefficient (Wildman–Crippen LogP) is 2.88. The van der Waals surface area contributed by atoms with Gasteiger partial charge in [0.05, 0.1) is 0 Å². The lowest BCUT2D eigenvalue weighted by Gasteiger charge is -2.10. The van der Waals surface area contributed by atoms with Crippen molar-refractivity contribution in [3.8, 4) is 0 Å². The molecular formula is C15H15FN2O2. The Morgan fingerprint density at radius 1 is 1.35 bits per heavy atom. The molecular weight excluding hydrogens is 259 g/mol. The summed E-state index contributed by atoms with van der Waals surface area (Å²) in [5.74, 6) is -0.970. The highest BCUT2D eigenvalue weighted by molar-refractivity contribution is 5.94. The Labute approximate surface area is 116 Å². The van der Waals surface area contributed by atoms with E-state index in [4.69, 9.17) is 5.11 Å². The van der Waals surface area contributed by atoms with Gasteiger partial charge in [-0.2, -0.15) is 0 Å². The number of nitrogens with zero attached hydrogens (tertiary/aromatic N) is 1. The molecule has 0 saturated heterocycles. The minimum atomic E-state index is -1.02. The minimum absolute atomic E-state index is 0.154. The number of rotatable bonds is 5. The first kappa shape index (κ1) is 14.0. The molecule has 0 spiro atoms. The second-order valence-electron chi connectivity index (χ2n) is 4.42. The first-order chi connectivity index (χ1) is 9.59. The van der Waals surface area contributed by atoms with E-state index in [1.807, 2.05) is 0 Å². The first-order valence-electron chi connectivity index (χ1n) is 6.25. The molecule has 0 atom stereocenters. The van der Waals surface area contributed by atoms with Crippen LogP contribution in [-0.2, 0) is 6.42 Å². The van der Waals surface area contributed by atoms with Crippen LogP contribution in [0.3, 0.4) is 0 Å². The van der Waals surface area contributed by atoms with Gasteiger partial charge in [-0.3, -0.25) is 0 Å². The maximum atomic E-state index is 13.4. The number of hydrogen-bond donors (Lipinski definition) is 2. The van der Waals surface area contributed by atoms with Crippen LogP contribution < -0.4 is 5.32 Å². The number of pyridine rings is 1. The van der Waals surface area contributed by atoms with Gasteiger partial charge in [-0.25, -0.2) is 14.2 Å². The highest BCUT2D eigenvalue weighted by atomic mass is 19.1. The molecule has 2 rings (SSSR count). The van der Waals surface area contributed by atoms with Gasteiger partial charge in [-0.1, -0.05) is 18.2 Å². The molecule has 2 N–H and O–H groups in total. The van der Waals surface area contributed by atoms with Crippen molar-refractivity contribution in [2.45, 2.75) is 13.3 Å². The third kappa shape index (κ3) is 3.12. The molecule has 0 aliphatic carbocycles. The molecule has 2 aromatic rings. The fourth-order valence-electron chi connectivity index (χ4n) is 1.98. The number of anilines is 1. The molecule has 0 bridgehead atoms. The number of aromatic carboxylic acids is 1. The maximum Gasteiger partial charge on any atom is 0.339 e. The van der Waals surface area contributed by atoms with Crippen molar-refractivity contribution < 1.29 is 14.3 Å². The van der Waals surface area contributed by atoms with Crippen LogP contribution in [0.1, 0.15) is 21.5 Å². The topological polar surface area (TPSA) is 62.2 Å². The number of carboxylic acid groups (broad SMARTS) is 1. The van der Waals surface area contributed by atoms with Crippen molar-refractivity contribution >= 4 is 11.8 Å². The Kier molecular flexibility index (Phi) is 4.30. The van der Waals surface area contributed by atoms with Crippen molar-refractivity contribution in [2.75, 3.05) is 11.9 Å². The number of carbonyl (C=O) groups is 1. The fraction of sp³-hybridized carbons (Fsp3) is 0.200. The highest BCUT2D eigenvalue weighted by Gasteiger charge is 2.13. The fourth-order valence-corrected chi connectivity index (χ4v) is 1.98. The van der Waals surface area contributed by atoms with E-state index in [1.54, 1.807) is 37.4 Å². The van der Waals surface area contributed by atoms with Crippen LogP contribution in [-0.4, -0.2) is 22.6 Å². The van der Waals surface area contributed by atoms with Gasteiger partial charge in [0.25, 0.3) is 0 Å². The van der Waals surface area contributed by atoms with Gasteiger partial charge in [-0.05, 0) is 36.6 Å². The van der Waals surface area contributed by atoms with E-state index in [9.17, 15) is 9.18 Å². The van der Waals surface area contributed by atoms with Crippen LogP contribution in [0.4, 0.5) is 10.2 Å². The highest BCUT2D eigenvalue weighted by Crippen LogP contribution is 2.16. The van der Waals surface area contributed by atoms with Gasteiger partial charge >= 0.3 is 5.97 Å². The van der Waals surface area contributed by atoms with Crippen molar-refractivity contribution in [3.05, 3.63) is 59.0 Å². The standard InChI is InChI=1S/C15H15FN2O2/c1-10-6-8-17-14(13(10)15(19)20)18-9-7-11-4-2-3-5-12(11)16/h2-6,8H,7,9H2,1H3,(H,17,18)(H,19,20). The third-order valence-electron chi connectivity index (χ3n) is 3.02. The van der Waals surface area contributed by atoms with E-state index in [0.717, 1.165) is 0 Å². The minimum Gasteiger partial charge on any atom is -0.478 e. The summed E-state index contributed by atoms with van der Waals surface area (Å²) in [6.45, 7) is 2.13. The summed E-state index contributed by atoms with van der Waals surface area (Å²) in [6.07, 6.45) is 2.01. The van der Waals surface area contributed by atoms with Gasteiger partial charge in [0.15, 0.2) is 0 Å². The van der Waals surface area contributed by atoms with Crippen LogP contribution in [0, 0.1) is 12.7 Å². The molecule has 0 fully saturated rings. The number of hydrogen-bond acceptors (Lipinski definition) is 3. The molecule has 0 aliphatic heterocycles. The molecule has 1 heterocycles. The van der Waals surface area contributed by atoms with E-state index >= 15 is 0 Å². The van der Waals surface area contributed by atoms with Crippen LogP contribution >= 0.6 is 0 Å². The summed E-state index contributed by atoms with van der Waals surface area (Å²) in [6, 6.07) is 8.16. The number of aromatic nitrogens is 1. The molecule has 1 aromatic heterocycles. The van der Waals surface area contributed by atoms with E-state index in [2.05, 4.69) is 10.3 Å². The number of benzene rings is 1. The van der Waals surface area contributed by atoms with Gasteiger partial charge in [0, 0.05) is 12.7 Å². The van der Waals surface area contributed by atoms with Gasteiger partial charge in [0.1, 0.15) is 17.2 Å². The summed E-state index contributed by atoms with van der Waals surface area (Å²) in [4.78, 5) is 15.2. The number of aryl methyl sites for hydroxylation is 1. The molecule has 0 amide bonds. The van der Waals surface area contributed by atoms with E-state index in [1.165, 1.54) is 6.07 Å². The Morgan fingerprint density at radius 3 is 2.80 bits per heavy atom. The summed E-state index contributed by atoms with van der Waals surface area (Å²) in [7, 11) is 0. The second-order valence-corrected chi connectivity index (χ2v) is 4.42. The smallest absolute Gasteiger partial charge is 0.339 e. The SMILES string of the molecule is Cc1ccnc(NCCc2ccccc2F)c1C(=O)O. The average molecular weight is 274 g/mol. The second kappa shape index (κ2) is 6.14. The van der Waals surface area contributed by atoms with Crippen molar-refractivity contribution in [1.82, 2.24) is 4.98 Å². The molecule has 0 radical (unpaired) electrons. The lowest BCUT2D eigenvalue weighted by atomic mass is 10.1. The normalized spacial score (nSPS) is 10.3. The molecule has 0 saturated carbocycles. The molecule has 0 aliphatic rings. The molecule has 104 valence electrons. The number of halogens is 1. The Balaban J connectivity index is 2.07. The van der Waals surface area contributed by atoms with Gasteiger partial charge in [-0.15, -0.1) is 0 Å². The lowest BCUT2D eigenvalue weighted by molar-refractivity contribution is 0.0697. The summed E-state index contributed by atoms with van der Waals surface area (Å²) >= 11 is 0. The molecule has 20 heavy (non-hydrogen) atoms. The summed E-state index contributed by atoms with van der Waals surface area (Å²) in [5.41, 5.74) is 1.38. The maximum absolute atomic E-state index is 13.4. The Hall–Kier alpha value is -2.43. The van der Waals surface area contributed by atoms with E-state index < -0.39 is 5.97 Å². The van der Waals surface area contributed by atoms with Crippen molar-refractivity contribution in [3.63, 3.8) is 0 Å². The Morgan fingerprint density at radius 2 is 2.10 bits per heavy atom. The molecule has 0 unspecified atom stereocenters. The molecule has 5 heteroatoms. The first-order valence-corrected chi connectivity index (χ1v) is 6.25. The zero-order valence-corrected chi connectivity index (χ0v) is 11.1. The van der Waals surface area contributed by atoms with Crippen LogP contribution in [0.5, 0.6) is 0 Å². The van der Waals surface area contributed by atoms with E-state index in [0.29, 0.717) is 29.9 Å². The van der Waals surface area contributed by atoms with Crippen LogP contribution in [0.25, 0.3) is 0 Å². The van der Waals surface area contributed by atoms with Crippen LogP contribution in [0.15, 0.2) is 36.5 Å². The van der Waals surface area contributed by atoms with Crippen molar-refractivity contribution in [1.29, 1.82) is 0 Å². The molecule has 1 aromatic carbocycles. The van der Waals surface area contributed by atoms with Gasteiger partial charge in [0.2, 0.25) is 0 Å². The Bertz CT molecular complexity index is 629. The average Bonchev–Trinajstić information content (AvgIpc) is 2.40. The largest absolute Gasteiger partial charge is 0.478 e. The summed E-state index contributed by atoms with van der Waals surface area (Å²) < 4.78 is 13.4. The third-order valence-corrected chi connectivity index (χ3v) is 3.02. The predicted molar refractivity (Wildman–Crippen MR) is 74.5 cm³/mol. The lowest BCUT2D eigenvalue weighted by Crippen LogP contribution is -2.12.